The van der Waals surface area contributed by atoms with Crippen molar-refractivity contribution in [2.24, 2.45) is 0 Å². The maximum absolute atomic E-state index is 11.4. The van der Waals surface area contributed by atoms with Gasteiger partial charge in [0.05, 0.1) is 5.75 Å². The minimum atomic E-state index is -0.980. The van der Waals surface area contributed by atoms with E-state index < -0.39 is 11.5 Å². The molecule has 1 saturated carbocycles. The summed E-state index contributed by atoms with van der Waals surface area (Å²) in [5, 5.41) is 11.6. The Morgan fingerprint density at radius 2 is 2.20 bits per heavy atom. The highest BCUT2D eigenvalue weighted by Crippen LogP contribution is 2.32. The molecule has 1 rings (SSSR count). The molecule has 0 unspecified atom stereocenters. The van der Waals surface area contributed by atoms with Crippen LogP contribution in [0.15, 0.2) is 12.7 Å². The van der Waals surface area contributed by atoms with Gasteiger partial charge in [-0.3, -0.25) is 4.79 Å². The van der Waals surface area contributed by atoms with E-state index in [1.165, 1.54) is 11.8 Å². The quantitative estimate of drug-likeness (QED) is 0.527. The van der Waals surface area contributed by atoms with Crippen molar-refractivity contribution in [2.45, 2.75) is 24.8 Å². The molecule has 0 aromatic carbocycles. The lowest BCUT2D eigenvalue weighted by Crippen LogP contribution is -2.59. The van der Waals surface area contributed by atoms with Crippen LogP contribution in [-0.2, 0) is 9.59 Å². The first kappa shape index (κ1) is 12.1. The summed E-state index contributed by atoms with van der Waals surface area (Å²) in [7, 11) is 0. The van der Waals surface area contributed by atoms with Gasteiger partial charge in [-0.25, -0.2) is 4.79 Å². The number of aliphatic carboxylic acids is 1. The third-order valence-corrected chi connectivity index (χ3v) is 3.40. The number of carbonyl (C=O) groups is 2. The van der Waals surface area contributed by atoms with Gasteiger partial charge in [0.2, 0.25) is 5.91 Å². The van der Waals surface area contributed by atoms with Crippen LogP contribution in [0.2, 0.25) is 0 Å². The third kappa shape index (κ3) is 2.99. The number of carboxylic acids is 1. The predicted molar refractivity (Wildman–Crippen MR) is 59.9 cm³/mol. The molecule has 0 bridgehead atoms. The van der Waals surface area contributed by atoms with E-state index in [1.54, 1.807) is 6.08 Å². The Hall–Kier alpha value is -0.970. The van der Waals surface area contributed by atoms with Crippen molar-refractivity contribution in [3.63, 3.8) is 0 Å². The minimum Gasteiger partial charge on any atom is -0.480 e. The number of nitrogens with one attached hydrogen (secondary N) is 1. The molecule has 0 aliphatic heterocycles. The molecule has 0 aromatic rings. The van der Waals surface area contributed by atoms with E-state index in [2.05, 4.69) is 11.9 Å². The number of hydrogen-bond donors (Lipinski definition) is 2. The fraction of sp³-hybridized carbons (Fsp3) is 0.600. The standard InChI is InChI=1S/C10H15NO3S/c1-2-6-15-7-8(12)11-10(9(13)14)4-3-5-10/h2H,1,3-7H2,(H,11,12)(H,13,14). The summed E-state index contributed by atoms with van der Waals surface area (Å²) < 4.78 is 0. The van der Waals surface area contributed by atoms with E-state index in [4.69, 9.17) is 5.11 Å². The maximum Gasteiger partial charge on any atom is 0.329 e. The van der Waals surface area contributed by atoms with Gasteiger partial charge in [0.15, 0.2) is 0 Å². The van der Waals surface area contributed by atoms with Crippen LogP contribution < -0.4 is 5.32 Å². The van der Waals surface area contributed by atoms with Crippen LogP contribution in [0.3, 0.4) is 0 Å². The molecule has 1 fully saturated rings. The molecular formula is C10H15NO3S. The highest BCUT2D eigenvalue weighted by molar-refractivity contribution is 8.00. The van der Waals surface area contributed by atoms with E-state index in [1.807, 2.05) is 0 Å². The summed E-state index contributed by atoms with van der Waals surface area (Å²) in [4.78, 5) is 22.3. The van der Waals surface area contributed by atoms with Crippen molar-refractivity contribution in [1.29, 1.82) is 0 Å². The van der Waals surface area contributed by atoms with Gasteiger partial charge in [-0.2, -0.15) is 0 Å². The second kappa shape index (κ2) is 5.21. The maximum atomic E-state index is 11.4. The van der Waals surface area contributed by atoms with Gasteiger partial charge in [-0.1, -0.05) is 6.08 Å². The molecule has 1 aliphatic rings. The highest BCUT2D eigenvalue weighted by atomic mass is 32.2. The molecular weight excluding hydrogens is 214 g/mol. The van der Waals surface area contributed by atoms with E-state index in [9.17, 15) is 9.59 Å². The number of carboxylic acid groups (broad SMARTS) is 1. The molecule has 84 valence electrons. The zero-order valence-corrected chi connectivity index (χ0v) is 9.31. The van der Waals surface area contributed by atoms with Gasteiger partial charge in [-0.15, -0.1) is 18.3 Å². The van der Waals surface area contributed by atoms with E-state index in [0.717, 1.165) is 6.42 Å². The normalized spacial score (nSPS) is 17.6. The summed E-state index contributed by atoms with van der Waals surface area (Å²) in [5.74, 6) is -0.131. The molecule has 5 heteroatoms. The van der Waals surface area contributed by atoms with Crippen LogP contribution in [0, 0.1) is 0 Å². The number of thioether (sulfide) groups is 1. The summed E-state index contributed by atoms with van der Waals surface area (Å²) in [6.45, 7) is 3.54. The topological polar surface area (TPSA) is 66.4 Å². The fourth-order valence-electron chi connectivity index (χ4n) is 1.46. The average Bonchev–Trinajstić information content (AvgIpc) is 2.11. The van der Waals surface area contributed by atoms with Crippen LogP contribution in [0.1, 0.15) is 19.3 Å². The number of rotatable bonds is 6. The average molecular weight is 229 g/mol. The summed E-state index contributed by atoms with van der Waals surface area (Å²) >= 11 is 1.43. The Morgan fingerprint density at radius 1 is 1.53 bits per heavy atom. The molecule has 0 saturated heterocycles. The van der Waals surface area contributed by atoms with Gasteiger partial charge in [-0.05, 0) is 19.3 Å². The van der Waals surface area contributed by atoms with Crippen LogP contribution in [0.5, 0.6) is 0 Å². The Kier molecular flexibility index (Phi) is 4.20. The van der Waals surface area contributed by atoms with Gasteiger partial charge in [0.25, 0.3) is 0 Å². The number of hydrogen-bond acceptors (Lipinski definition) is 3. The largest absolute Gasteiger partial charge is 0.480 e. The van der Waals surface area contributed by atoms with Crippen LogP contribution in [0.4, 0.5) is 0 Å². The first-order chi connectivity index (χ1) is 7.10. The predicted octanol–water partition coefficient (Wildman–Crippen LogP) is 1.03. The molecule has 1 amide bonds. The monoisotopic (exact) mass is 229 g/mol. The van der Waals surface area contributed by atoms with E-state index >= 15 is 0 Å². The van der Waals surface area contributed by atoms with Crippen molar-refractivity contribution in [1.82, 2.24) is 5.32 Å². The van der Waals surface area contributed by atoms with Gasteiger partial charge >= 0.3 is 5.97 Å². The first-order valence-electron chi connectivity index (χ1n) is 4.84. The van der Waals surface area contributed by atoms with Crippen molar-refractivity contribution >= 4 is 23.6 Å². The number of amides is 1. The Labute approximate surface area is 93.1 Å². The molecule has 0 radical (unpaired) electrons. The Balaban J connectivity index is 2.35. The van der Waals surface area contributed by atoms with Crippen LogP contribution in [-0.4, -0.2) is 34.0 Å². The van der Waals surface area contributed by atoms with Gasteiger partial charge in [0.1, 0.15) is 5.54 Å². The van der Waals surface area contributed by atoms with Crippen molar-refractivity contribution in [2.75, 3.05) is 11.5 Å². The zero-order valence-electron chi connectivity index (χ0n) is 8.49. The van der Waals surface area contributed by atoms with E-state index in [0.29, 0.717) is 24.3 Å². The molecule has 0 heterocycles. The second-order valence-corrected chi connectivity index (χ2v) is 4.62. The lowest BCUT2D eigenvalue weighted by molar-refractivity contribution is -0.151. The fourth-order valence-corrected chi connectivity index (χ4v) is 2.00. The second-order valence-electron chi connectivity index (χ2n) is 3.59. The summed E-state index contributed by atoms with van der Waals surface area (Å²) in [6, 6.07) is 0. The molecule has 0 aromatic heterocycles. The van der Waals surface area contributed by atoms with Crippen LogP contribution in [0.25, 0.3) is 0 Å². The summed E-state index contributed by atoms with van der Waals surface area (Å²) in [5.41, 5.74) is -0.980. The molecule has 1 aliphatic carbocycles. The summed E-state index contributed by atoms with van der Waals surface area (Å²) in [6.07, 6.45) is 3.67. The van der Waals surface area contributed by atoms with Gasteiger partial charge < -0.3 is 10.4 Å². The SMILES string of the molecule is C=CCSCC(=O)NC1(C(=O)O)CCC1. The van der Waals surface area contributed by atoms with Gasteiger partial charge in [0, 0.05) is 5.75 Å². The first-order valence-corrected chi connectivity index (χ1v) is 5.99. The van der Waals surface area contributed by atoms with Crippen molar-refractivity contribution < 1.29 is 14.7 Å². The van der Waals surface area contributed by atoms with Crippen LogP contribution >= 0.6 is 11.8 Å². The third-order valence-electron chi connectivity index (χ3n) is 2.46. The molecule has 4 nitrogen and oxygen atoms in total. The smallest absolute Gasteiger partial charge is 0.329 e. The van der Waals surface area contributed by atoms with Crippen molar-refractivity contribution in [3.8, 4) is 0 Å². The molecule has 2 N–H and O–H groups in total. The Morgan fingerprint density at radius 3 is 2.60 bits per heavy atom. The molecule has 0 atom stereocenters. The van der Waals surface area contributed by atoms with E-state index in [-0.39, 0.29) is 5.91 Å². The number of carbonyl (C=O) groups excluding carboxylic acids is 1. The lowest BCUT2D eigenvalue weighted by atomic mass is 9.77. The molecule has 0 spiro atoms. The lowest BCUT2D eigenvalue weighted by Gasteiger charge is -2.38. The zero-order chi connectivity index (χ0) is 11.3. The highest BCUT2D eigenvalue weighted by Gasteiger charge is 2.45. The minimum absolute atomic E-state index is 0.205. The molecule has 15 heavy (non-hydrogen) atoms. The van der Waals surface area contributed by atoms with Crippen molar-refractivity contribution in [3.05, 3.63) is 12.7 Å². The Bertz CT molecular complexity index is 274.